The summed E-state index contributed by atoms with van der Waals surface area (Å²) in [4.78, 5) is 13.1. The van der Waals surface area contributed by atoms with Crippen molar-refractivity contribution in [2.75, 3.05) is 23.8 Å². The number of rotatable bonds is 7. The molecular formula is C19H17FN6O. The van der Waals surface area contributed by atoms with E-state index in [2.05, 4.69) is 25.6 Å². The minimum absolute atomic E-state index is 0.0485. The van der Waals surface area contributed by atoms with Gasteiger partial charge in [0, 0.05) is 25.4 Å². The van der Waals surface area contributed by atoms with Gasteiger partial charge < -0.3 is 15.7 Å². The molecule has 1 aromatic carbocycles. The molecule has 2 aromatic heterocycles. The summed E-state index contributed by atoms with van der Waals surface area (Å²) in [6.07, 6.45) is 2.20. The molecule has 0 aliphatic rings. The number of pyridine rings is 1. The van der Waals surface area contributed by atoms with Crippen LogP contribution in [-0.2, 0) is 0 Å². The van der Waals surface area contributed by atoms with Crippen molar-refractivity contribution in [1.82, 2.24) is 15.0 Å². The second kappa shape index (κ2) is 8.69. The van der Waals surface area contributed by atoms with Crippen LogP contribution in [0.5, 0.6) is 0 Å². The van der Waals surface area contributed by atoms with Crippen LogP contribution in [-0.4, -0.2) is 33.2 Å². The monoisotopic (exact) mass is 364 g/mol. The first-order chi connectivity index (χ1) is 13.2. The molecule has 0 saturated carbocycles. The maximum absolute atomic E-state index is 13.8. The Kier molecular flexibility index (Phi) is 5.87. The van der Waals surface area contributed by atoms with Gasteiger partial charge in [0.1, 0.15) is 23.3 Å². The molecule has 7 nitrogen and oxygen atoms in total. The first-order valence-corrected chi connectivity index (χ1v) is 8.32. The molecule has 0 atom stereocenters. The molecule has 0 aliphatic carbocycles. The van der Waals surface area contributed by atoms with E-state index in [0.717, 1.165) is 0 Å². The highest BCUT2D eigenvalue weighted by atomic mass is 19.1. The van der Waals surface area contributed by atoms with Crippen molar-refractivity contribution in [2.45, 2.75) is 6.42 Å². The van der Waals surface area contributed by atoms with E-state index in [1.165, 1.54) is 12.1 Å². The Morgan fingerprint density at radius 2 is 2.00 bits per heavy atom. The van der Waals surface area contributed by atoms with Gasteiger partial charge in [-0.25, -0.2) is 9.37 Å². The van der Waals surface area contributed by atoms with Crippen LogP contribution in [0.1, 0.15) is 12.0 Å². The Bertz CT molecular complexity index is 958. The van der Waals surface area contributed by atoms with E-state index < -0.39 is 5.82 Å². The SMILES string of the molecule is N#Cc1c(F)cccc1Nc1cc(-c2ccccn2)nc(NCCCO)n1. The van der Waals surface area contributed by atoms with Crippen molar-refractivity contribution < 1.29 is 9.50 Å². The molecule has 8 heteroatoms. The molecule has 0 aliphatic heterocycles. The summed E-state index contributed by atoms with van der Waals surface area (Å²) >= 11 is 0. The van der Waals surface area contributed by atoms with Gasteiger partial charge in [-0.3, -0.25) is 4.98 Å². The summed E-state index contributed by atoms with van der Waals surface area (Å²) in [5.74, 6) is 0.117. The normalized spacial score (nSPS) is 10.3. The van der Waals surface area contributed by atoms with Crippen LogP contribution in [0.2, 0.25) is 0 Å². The number of hydrogen-bond acceptors (Lipinski definition) is 7. The first kappa shape index (κ1) is 18.2. The van der Waals surface area contributed by atoms with Crippen molar-refractivity contribution in [2.24, 2.45) is 0 Å². The summed E-state index contributed by atoms with van der Waals surface area (Å²) in [6.45, 7) is 0.540. The average molecular weight is 364 g/mol. The van der Waals surface area contributed by atoms with Crippen LogP contribution in [0.15, 0.2) is 48.7 Å². The van der Waals surface area contributed by atoms with Crippen LogP contribution >= 0.6 is 0 Å². The molecule has 3 rings (SSSR count). The highest BCUT2D eigenvalue weighted by molar-refractivity contribution is 5.68. The fraction of sp³-hybridized carbons (Fsp3) is 0.158. The van der Waals surface area contributed by atoms with E-state index in [-0.39, 0.29) is 12.2 Å². The summed E-state index contributed by atoms with van der Waals surface area (Å²) in [5, 5.41) is 24.1. The molecule has 2 heterocycles. The Morgan fingerprint density at radius 3 is 2.74 bits per heavy atom. The minimum atomic E-state index is -0.609. The van der Waals surface area contributed by atoms with E-state index >= 15 is 0 Å². The van der Waals surface area contributed by atoms with Gasteiger partial charge in [0.15, 0.2) is 0 Å². The van der Waals surface area contributed by atoms with Gasteiger partial charge in [0.2, 0.25) is 5.95 Å². The Hall–Kier alpha value is -3.57. The van der Waals surface area contributed by atoms with Crippen LogP contribution in [0.25, 0.3) is 11.4 Å². The van der Waals surface area contributed by atoms with Crippen LogP contribution in [0, 0.1) is 17.1 Å². The van der Waals surface area contributed by atoms with E-state index in [0.29, 0.717) is 41.8 Å². The van der Waals surface area contributed by atoms with E-state index in [9.17, 15) is 9.65 Å². The van der Waals surface area contributed by atoms with Gasteiger partial charge in [0.05, 0.1) is 17.1 Å². The number of nitriles is 1. The second-order valence-electron chi connectivity index (χ2n) is 5.58. The predicted octanol–water partition coefficient (Wildman–Crippen LogP) is 3.09. The topological polar surface area (TPSA) is 107 Å². The molecule has 0 amide bonds. The number of nitrogens with one attached hydrogen (secondary N) is 2. The molecule has 0 unspecified atom stereocenters. The van der Waals surface area contributed by atoms with Crippen molar-refractivity contribution in [1.29, 1.82) is 5.26 Å². The summed E-state index contributed by atoms with van der Waals surface area (Å²) in [7, 11) is 0. The van der Waals surface area contributed by atoms with Gasteiger partial charge >= 0.3 is 0 Å². The highest BCUT2D eigenvalue weighted by Gasteiger charge is 2.12. The largest absolute Gasteiger partial charge is 0.396 e. The lowest BCUT2D eigenvalue weighted by molar-refractivity contribution is 0.292. The van der Waals surface area contributed by atoms with E-state index in [1.54, 1.807) is 24.4 Å². The molecule has 0 bridgehead atoms. The number of aliphatic hydroxyl groups excluding tert-OH is 1. The van der Waals surface area contributed by atoms with Crippen molar-refractivity contribution >= 4 is 17.5 Å². The van der Waals surface area contributed by atoms with E-state index in [1.807, 2.05) is 18.2 Å². The number of aromatic nitrogens is 3. The molecule has 3 N–H and O–H groups in total. The van der Waals surface area contributed by atoms with Crippen LogP contribution in [0.3, 0.4) is 0 Å². The molecular weight excluding hydrogens is 347 g/mol. The molecule has 0 fully saturated rings. The molecule has 27 heavy (non-hydrogen) atoms. The van der Waals surface area contributed by atoms with Gasteiger partial charge in [-0.1, -0.05) is 12.1 Å². The fourth-order valence-electron chi connectivity index (χ4n) is 2.39. The summed E-state index contributed by atoms with van der Waals surface area (Å²) < 4.78 is 13.8. The molecule has 0 radical (unpaired) electrons. The lowest BCUT2D eigenvalue weighted by atomic mass is 10.2. The third kappa shape index (κ3) is 4.54. The summed E-state index contributed by atoms with van der Waals surface area (Å²) in [6, 6.07) is 13.3. The zero-order valence-corrected chi connectivity index (χ0v) is 14.4. The summed E-state index contributed by atoms with van der Waals surface area (Å²) in [5.41, 5.74) is 1.43. The fourth-order valence-corrected chi connectivity index (χ4v) is 2.39. The zero-order chi connectivity index (χ0) is 19.1. The van der Waals surface area contributed by atoms with Crippen LogP contribution in [0.4, 0.5) is 21.8 Å². The molecule has 0 saturated heterocycles. The number of benzene rings is 1. The van der Waals surface area contributed by atoms with Gasteiger partial charge in [0.25, 0.3) is 0 Å². The quantitative estimate of drug-likeness (QED) is 0.553. The average Bonchev–Trinajstić information content (AvgIpc) is 2.69. The smallest absolute Gasteiger partial charge is 0.225 e. The third-order valence-corrected chi connectivity index (χ3v) is 3.66. The minimum Gasteiger partial charge on any atom is -0.396 e. The third-order valence-electron chi connectivity index (χ3n) is 3.66. The highest BCUT2D eigenvalue weighted by Crippen LogP contribution is 2.25. The van der Waals surface area contributed by atoms with Gasteiger partial charge in [-0.15, -0.1) is 0 Å². The van der Waals surface area contributed by atoms with Crippen molar-refractivity contribution in [3.05, 3.63) is 60.0 Å². The van der Waals surface area contributed by atoms with Crippen molar-refractivity contribution in [3.8, 4) is 17.5 Å². The van der Waals surface area contributed by atoms with Gasteiger partial charge in [-0.2, -0.15) is 10.2 Å². The maximum Gasteiger partial charge on any atom is 0.225 e. The number of halogens is 1. The predicted molar refractivity (Wildman–Crippen MR) is 99.9 cm³/mol. The van der Waals surface area contributed by atoms with Gasteiger partial charge in [-0.05, 0) is 30.7 Å². The van der Waals surface area contributed by atoms with Crippen molar-refractivity contribution in [3.63, 3.8) is 0 Å². The lowest BCUT2D eigenvalue weighted by Crippen LogP contribution is -2.09. The zero-order valence-electron chi connectivity index (χ0n) is 14.4. The van der Waals surface area contributed by atoms with Crippen LogP contribution < -0.4 is 10.6 Å². The molecule has 0 spiro atoms. The Morgan fingerprint density at radius 1 is 1.11 bits per heavy atom. The molecule has 3 aromatic rings. The lowest BCUT2D eigenvalue weighted by Gasteiger charge is -2.12. The molecule has 136 valence electrons. The Labute approximate surface area is 155 Å². The standard InChI is InChI=1S/C19H17FN6O/c20-14-5-3-7-15(13(14)12-21)24-18-11-17(16-6-1-2-8-22-16)25-19(26-18)23-9-4-10-27/h1-3,5-8,11,27H,4,9-10H2,(H2,23,24,25,26). The second-order valence-corrected chi connectivity index (χ2v) is 5.58. The number of anilines is 3. The number of hydrogen-bond donors (Lipinski definition) is 3. The number of aliphatic hydroxyl groups is 1. The van der Waals surface area contributed by atoms with E-state index in [4.69, 9.17) is 5.11 Å². The first-order valence-electron chi connectivity index (χ1n) is 8.32. The Balaban J connectivity index is 1.98. The maximum atomic E-state index is 13.8. The number of nitrogens with zero attached hydrogens (tertiary/aromatic N) is 4.